The Balaban J connectivity index is 2.02. The lowest BCUT2D eigenvalue weighted by molar-refractivity contribution is 0.505. The highest BCUT2D eigenvalue weighted by atomic mass is 35.5. The number of rotatable bonds is 5. The molecule has 0 aromatic carbocycles. The van der Waals surface area contributed by atoms with Gasteiger partial charge in [0.05, 0.1) is 12.6 Å². The van der Waals surface area contributed by atoms with Crippen molar-refractivity contribution < 1.29 is 12.8 Å². The number of aromatic nitrogens is 2. The van der Waals surface area contributed by atoms with Crippen molar-refractivity contribution in [3.05, 3.63) is 35.6 Å². The van der Waals surface area contributed by atoms with Crippen LogP contribution < -0.4 is 4.72 Å². The summed E-state index contributed by atoms with van der Waals surface area (Å²) in [5.74, 6) is 0.713. The standard InChI is InChI=1S/C10H12ClN3O3S/c1-14-7-12-10(9(14)11)18(15,16)13-5-4-8-3-2-6-17-8/h2-3,6-7,13H,4-5H2,1H3. The van der Waals surface area contributed by atoms with Gasteiger partial charge in [-0.1, -0.05) is 11.6 Å². The number of nitrogens with zero attached hydrogens (tertiary/aromatic N) is 2. The molecule has 0 aliphatic rings. The minimum atomic E-state index is -3.68. The third kappa shape index (κ3) is 2.74. The normalized spacial score (nSPS) is 11.9. The van der Waals surface area contributed by atoms with Crippen molar-refractivity contribution in [3.63, 3.8) is 0 Å². The lowest BCUT2D eigenvalue weighted by Gasteiger charge is -2.03. The van der Waals surface area contributed by atoms with Crippen LogP contribution in [0.5, 0.6) is 0 Å². The molecule has 6 nitrogen and oxygen atoms in total. The van der Waals surface area contributed by atoms with Gasteiger partial charge in [-0.3, -0.25) is 0 Å². The van der Waals surface area contributed by atoms with Gasteiger partial charge in [0, 0.05) is 20.0 Å². The maximum absolute atomic E-state index is 11.9. The molecule has 0 spiro atoms. The Hall–Kier alpha value is -1.31. The molecule has 2 aromatic heterocycles. The largest absolute Gasteiger partial charge is 0.469 e. The summed E-state index contributed by atoms with van der Waals surface area (Å²) in [5.41, 5.74) is 0. The molecule has 0 saturated carbocycles. The Bertz CT molecular complexity index is 619. The molecule has 18 heavy (non-hydrogen) atoms. The first-order valence-corrected chi connectivity index (χ1v) is 7.05. The van der Waals surface area contributed by atoms with E-state index < -0.39 is 10.0 Å². The molecule has 0 saturated heterocycles. The van der Waals surface area contributed by atoms with Gasteiger partial charge in [0.15, 0.2) is 0 Å². The predicted octanol–water partition coefficient (Wildman–Crippen LogP) is 1.19. The maximum atomic E-state index is 11.9. The van der Waals surface area contributed by atoms with E-state index in [9.17, 15) is 8.42 Å². The molecule has 0 fully saturated rings. The Morgan fingerprint density at radius 3 is 2.89 bits per heavy atom. The minimum absolute atomic E-state index is 0.0838. The molecule has 0 amide bonds. The SMILES string of the molecule is Cn1cnc(S(=O)(=O)NCCc2ccco2)c1Cl. The number of imidazole rings is 1. The third-order valence-electron chi connectivity index (χ3n) is 2.33. The smallest absolute Gasteiger partial charge is 0.261 e. The maximum Gasteiger partial charge on any atom is 0.261 e. The molecule has 0 radical (unpaired) electrons. The molecular weight excluding hydrogens is 278 g/mol. The quantitative estimate of drug-likeness (QED) is 0.897. The van der Waals surface area contributed by atoms with Crippen LogP contribution >= 0.6 is 11.6 Å². The van der Waals surface area contributed by atoms with E-state index >= 15 is 0 Å². The van der Waals surface area contributed by atoms with Crippen LogP contribution in [-0.2, 0) is 23.5 Å². The fourth-order valence-corrected chi connectivity index (χ4v) is 2.86. The van der Waals surface area contributed by atoms with E-state index in [1.807, 2.05) is 0 Å². The van der Waals surface area contributed by atoms with E-state index in [4.69, 9.17) is 16.0 Å². The van der Waals surface area contributed by atoms with Gasteiger partial charge in [-0.2, -0.15) is 0 Å². The summed E-state index contributed by atoms with van der Waals surface area (Å²) in [6.45, 7) is 0.225. The highest BCUT2D eigenvalue weighted by Gasteiger charge is 2.21. The first-order chi connectivity index (χ1) is 8.50. The molecular formula is C10H12ClN3O3S. The molecule has 0 aliphatic carbocycles. The summed E-state index contributed by atoms with van der Waals surface area (Å²) in [6, 6.07) is 3.53. The van der Waals surface area contributed by atoms with Crippen LogP contribution in [0, 0.1) is 0 Å². The molecule has 0 aliphatic heterocycles. The second kappa shape index (κ2) is 5.13. The van der Waals surface area contributed by atoms with E-state index in [2.05, 4.69) is 9.71 Å². The highest BCUT2D eigenvalue weighted by molar-refractivity contribution is 7.89. The fraction of sp³-hybridized carbons (Fsp3) is 0.300. The summed E-state index contributed by atoms with van der Waals surface area (Å²) < 4.78 is 32.7. The topological polar surface area (TPSA) is 77.1 Å². The van der Waals surface area contributed by atoms with Crippen LogP contribution in [0.1, 0.15) is 5.76 Å². The Labute approximate surface area is 110 Å². The number of hydrogen-bond acceptors (Lipinski definition) is 4. The zero-order chi connectivity index (χ0) is 13.2. The first-order valence-electron chi connectivity index (χ1n) is 5.19. The van der Waals surface area contributed by atoms with Crippen LogP contribution in [0.15, 0.2) is 34.2 Å². The highest BCUT2D eigenvalue weighted by Crippen LogP contribution is 2.18. The summed E-state index contributed by atoms with van der Waals surface area (Å²) in [6.07, 6.45) is 3.36. The molecule has 2 rings (SSSR count). The van der Waals surface area contributed by atoms with Crippen molar-refractivity contribution in [2.24, 2.45) is 7.05 Å². The van der Waals surface area contributed by atoms with Crippen molar-refractivity contribution in [2.45, 2.75) is 11.4 Å². The predicted molar refractivity (Wildman–Crippen MR) is 65.8 cm³/mol. The molecule has 0 bridgehead atoms. The number of nitrogens with one attached hydrogen (secondary N) is 1. The summed E-state index contributed by atoms with van der Waals surface area (Å²) in [5, 5.41) is -0.0772. The van der Waals surface area contributed by atoms with Crippen LogP contribution in [0.2, 0.25) is 5.15 Å². The molecule has 1 N–H and O–H groups in total. The molecule has 0 unspecified atom stereocenters. The average molecular weight is 290 g/mol. The number of aryl methyl sites for hydroxylation is 1. The van der Waals surface area contributed by atoms with Crippen LogP contribution in [0.4, 0.5) is 0 Å². The van der Waals surface area contributed by atoms with E-state index in [-0.39, 0.29) is 16.7 Å². The Kier molecular flexibility index (Phi) is 3.74. The molecule has 2 heterocycles. The number of sulfonamides is 1. The first kappa shape index (κ1) is 13.1. The minimum Gasteiger partial charge on any atom is -0.469 e. The average Bonchev–Trinajstić information content (AvgIpc) is 2.91. The van der Waals surface area contributed by atoms with E-state index in [1.54, 1.807) is 25.4 Å². The summed E-state index contributed by atoms with van der Waals surface area (Å²) >= 11 is 5.83. The van der Waals surface area contributed by atoms with E-state index in [0.29, 0.717) is 12.2 Å². The third-order valence-corrected chi connectivity index (χ3v) is 4.28. The van der Waals surface area contributed by atoms with Crippen molar-refractivity contribution in [3.8, 4) is 0 Å². The Morgan fingerprint density at radius 1 is 1.56 bits per heavy atom. The lowest BCUT2D eigenvalue weighted by Crippen LogP contribution is -2.26. The van der Waals surface area contributed by atoms with Gasteiger partial charge < -0.3 is 8.98 Å². The molecule has 0 atom stereocenters. The van der Waals surface area contributed by atoms with Crippen LogP contribution in [0.3, 0.4) is 0 Å². The van der Waals surface area contributed by atoms with E-state index in [1.165, 1.54) is 10.9 Å². The molecule has 98 valence electrons. The zero-order valence-corrected chi connectivity index (χ0v) is 11.2. The Morgan fingerprint density at radius 2 is 2.33 bits per heavy atom. The second-order valence-corrected chi connectivity index (χ2v) is 5.72. The fourth-order valence-electron chi connectivity index (χ4n) is 1.41. The van der Waals surface area contributed by atoms with Gasteiger partial charge in [-0.25, -0.2) is 18.1 Å². The van der Waals surface area contributed by atoms with Gasteiger partial charge in [0.1, 0.15) is 10.9 Å². The van der Waals surface area contributed by atoms with Crippen molar-refractivity contribution in [2.75, 3.05) is 6.54 Å². The van der Waals surface area contributed by atoms with Crippen molar-refractivity contribution in [1.82, 2.24) is 14.3 Å². The number of halogens is 1. The second-order valence-electron chi connectivity index (χ2n) is 3.68. The van der Waals surface area contributed by atoms with E-state index in [0.717, 1.165) is 0 Å². The van der Waals surface area contributed by atoms with Gasteiger partial charge >= 0.3 is 0 Å². The van der Waals surface area contributed by atoms with Crippen molar-refractivity contribution >= 4 is 21.6 Å². The zero-order valence-electron chi connectivity index (χ0n) is 9.63. The van der Waals surface area contributed by atoms with Crippen LogP contribution in [0.25, 0.3) is 0 Å². The van der Waals surface area contributed by atoms with Gasteiger partial charge in [0.2, 0.25) is 5.03 Å². The summed E-state index contributed by atoms with van der Waals surface area (Å²) in [4.78, 5) is 3.76. The van der Waals surface area contributed by atoms with Crippen molar-refractivity contribution in [1.29, 1.82) is 0 Å². The monoisotopic (exact) mass is 289 g/mol. The number of furan rings is 1. The van der Waals surface area contributed by atoms with Crippen LogP contribution in [-0.4, -0.2) is 24.5 Å². The summed E-state index contributed by atoms with van der Waals surface area (Å²) in [7, 11) is -2.06. The number of hydrogen-bond donors (Lipinski definition) is 1. The van der Waals surface area contributed by atoms with Gasteiger partial charge in [-0.05, 0) is 12.1 Å². The lowest BCUT2D eigenvalue weighted by atomic mass is 10.3. The molecule has 2 aromatic rings. The van der Waals surface area contributed by atoms with Gasteiger partial charge in [-0.15, -0.1) is 0 Å². The van der Waals surface area contributed by atoms with Gasteiger partial charge in [0.25, 0.3) is 10.0 Å². The molecule has 8 heteroatoms.